The second kappa shape index (κ2) is 5.01. The minimum Gasteiger partial charge on any atom is -0.476 e. The summed E-state index contributed by atoms with van der Waals surface area (Å²) in [6, 6.07) is 6.22. The molecule has 0 amide bonds. The SMILES string of the molecule is Cc1cc(C)cc(N(C)c2nc(C(=O)O)c(C)s2)c1. The summed E-state index contributed by atoms with van der Waals surface area (Å²) in [5.41, 5.74) is 3.50. The minimum atomic E-state index is -0.978. The van der Waals surface area contributed by atoms with Gasteiger partial charge in [0.15, 0.2) is 10.8 Å². The number of rotatable bonds is 3. The number of benzene rings is 1. The number of hydrogen-bond donors (Lipinski definition) is 1. The van der Waals surface area contributed by atoms with Gasteiger partial charge in [-0.2, -0.15) is 0 Å². The van der Waals surface area contributed by atoms with E-state index in [0.29, 0.717) is 5.13 Å². The summed E-state index contributed by atoms with van der Waals surface area (Å²) in [6.45, 7) is 5.86. The summed E-state index contributed by atoms with van der Waals surface area (Å²) >= 11 is 1.39. The molecule has 2 aromatic rings. The largest absolute Gasteiger partial charge is 0.476 e. The van der Waals surface area contributed by atoms with E-state index >= 15 is 0 Å². The number of aromatic carboxylic acids is 1. The zero-order chi connectivity index (χ0) is 14.2. The first-order valence-corrected chi connectivity index (χ1v) is 6.73. The first-order valence-electron chi connectivity index (χ1n) is 5.91. The van der Waals surface area contributed by atoms with Crippen LogP contribution >= 0.6 is 11.3 Å². The number of carbonyl (C=O) groups is 1. The molecule has 1 heterocycles. The predicted octanol–water partition coefficient (Wildman–Crippen LogP) is 3.53. The van der Waals surface area contributed by atoms with Crippen LogP contribution in [-0.4, -0.2) is 23.1 Å². The van der Waals surface area contributed by atoms with Crippen LogP contribution in [0.2, 0.25) is 0 Å². The van der Waals surface area contributed by atoms with E-state index in [0.717, 1.165) is 10.6 Å². The summed E-state index contributed by atoms with van der Waals surface area (Å²) < 4.78 is 0. The molecule has 100 valence electrons. The molecule has 19 heavy (non-hydrogen) atoms. The molecule has 0 bridgehead atoms. The lowest BCUT2D eigenvalue weighted by Gasteiger charge is -2.17. The molecule has 1 N–H and O–H groups in total. The number of aryl methyl sites for hydroxylation is 3. The van der Waals surface area contributed by atoms with Gasteiger partial charge in [-0.1, -0.05) is 6.07 Å². The first-order chi connectivity index (χ1) is 8.88. The Morgan fingerprint density at radius 2 is 1.79 bits per heavy atom. The van der Waals surface area contributed by atoms with E-state index in [2.05, 4.69) is 23.2 Å². The van der Waals surface area contributed by atoms with Gasteiger partial charge in [-0.05, 0) is 44.0 Å². The Morgan fingerprint density at radius 1 is 1.21 bits per heavy atom. The average molecular weight is 276 g/mol. The van der Waals surface area contributed by atoms with Crippen molar-refractivity contribution < 1.29 is 9.90 Å². The van der Waals surface area contributed by atoms with Gasteiger partial charge in [-0.3, -0.25) is 0 Å². The van der Waals surface area contributed by atoms with Crippen molar-refractivity contribution in [2.75, 3.05) is 11.9 Å². The number of thiazole rings is 1. The standard InChI is InChI=1S/C14H16N2O2S/c1-8-5-9(2)7-11(6-8)16(4)14-15-12(13(17)18)10(3)19-14/h5-7H,1-4H3,(H,17,18). The molecule has 0 aliphatic rings. The van der Waals surface area contributed by atoms with Crippen molar-refractivity contribution in [2.45, 2.75) is 20.8 Å². The van der Waals surface area contributed by atoms with E-state index in [4.69, 9.17) is 5.11 Å². The zero-order valence-electron chi connectivity index (χ0n) is 11.4. The van der Waals surface area contributed by atoms with E-state index in [9.17, 15) is 4.79 Å². The lowest BCUT2D eigenvalue weighted by atomic mass is 10.1. The summed E-state index contributed by atoms with van der Waals surface area (Å²) in [5, 5.41) is 9.74. The van der Waals surface area contributed by atoms with Crippen LogP contribution in [0.15, 0.2) is 18.2 Å². The molecular formula is C14H16N2O2S. The molecule has 0 fully saturated rings. The van der Waals surface area contributed by atoms with Crippen LogP contribution in [0.1, 0.15) is 26.5 Å². The molecule has 0 saturated heterocycles. The molecule has 2 rings (SSSR count). The van der Waals surface area contributed by atoms with E-state index in [1.807, 2.05) is 25.8 Å². The molecule has 5 heteroatoms. The third kappa shape index (κ3) is 2.76. The number of carboxylic acid groups (broad SMARTS) is 1. The Labute approximate surface area is 116 Å². The third-order valence-electron chi connectivity index (χ3n) is 2.87. The fourth-order valence-corrected chi connectivity index (χ4v) is 2.86. The highest BCUT2D eigenvalue weighted by Gasteiger charge is 2.17. The van der Waals surface area contributed by atoms with Crippen molar-refractivity contribution in [1.82, 2.24) is 4.98 Å². The van der Waals surface area contributed by atoms with Crippen molar-refractivity contribution >= 4 is 28.1 Å². The zero-order valence-corrected chi connectivity index (χ0v) is 12.2. The highest BCUT2D eigenvalue weighted by atomic mass is 32.1. The van der Waals surface area contributed by atoms with Gasteiger partial charge in [0.1, 0.15) is 0 Å². The van der Waals surface area contributed by atoms with Gasteiger partial charge in [-0.15, -0.1) is 11.3 Å². The maximum Gasteiger partial charge on any atom is 0.355 e. The number of carboxylic acids is 1. The van der Waals surface area contributed by atoms with Crippen LogP contribution in [-0.2, 0) is 0 Å². The lowest BCUT2D eigenvalue weighted by molar-refractivity contribution is 0.0690. The van der Waals surface area contributed by atoms with Gasteiger partial charge in [0.2, 0.25) is 0 Å². The van der Waals surface area contributed by atoms with Gasteiger partial charge in [-0.25, -0.2) is 9.78 Å². The smallest absolute Gasteiger partial charge is 0.355 e. The van der Waals surface area contributed by atoms with Crippen molar-refractivity contribution in [3.05, 3.63) is 39.9 Å². The second-order valence-electron chi connectivity index (χ2n) is 4.61. The number of nitrogens with zero attached hydrogens (tertiary/aromatic N) is 2. The van der Waals surface area contributed by atoms with Gasteiger partial charge < -0.3 is 10.0 Å². The van der Waals surface area contributed by atoms with Crippen LogP contribution in [0.25, 0.3) is 0 Å². The Kier molecular flexibility index (Phi) is 3.57. The topological polar surface area (TPSA) is 53.4 Å². The van der Waals surface area contributed by atoms with Crippen LogP contribution in [0.5, 0.6) is 0 Å². The van der Waals surface area contributed by atoms with E-state index < -0.39 is 5.97 Å². The fourth-order valence-electron chi connectivity index (χ4n) is 1.98. The Hall–Kier alpha value is -1.88. The van der Waals surface area contributed by atoms with Crippen molar-refractivity contribution in [1.29, 1.82) is 0 Å². The van der Waals surface area contributed by atoms with Crippen molar-refractivity contribution in [3.63, 3.8) is 0 Å². The summed E-state index contributed by atoms with van der Waals surface area (Å²) in [4.78, 5) is 17.9. The quantitative estimate of drug-likeness (QED) is 0.931. The molecular weight excluding hydrogens is 260 g/mol. The predicted molar refractivity (Wildman–Crippen MR) is 77.8 cm³/mol. The lowest BCUT2D eigenvalue weighted by Crippen LogP contribution is -2.10. The molecule has 0 aliphatic carbocycles. The first kappa shape index (κ1) is 13.5. The van der Waals surface area contributed by atoms with Gasteiger partial charge >= 0.3 is 5.97 Å². The van der Waals surface area contributed by atoms with Crippen molar-refractivity contribution in [3.8, 4) is 0 Å². The maximum absolute atomic E-state index is 11.0. The molecule has 1 aromatic heterocycles. The van der Waals surface area contributed by atoms with E-state index in [1.165, 1.54) is 22.5 Å². The average Bonchev–Trinajstić information content (AvgIpc) is 2.69. The number of aromatic nitrogens is 1. The molecule has 1 aromatic carbocycles. The third-order valence-corrected chi connectivity index (χ3v) is 3.92. The fraction of sp³-hybridized carbons (Fsp3) is 0.286. The summed E-state index contributed by atoms with van der Waals surface area (Å²) in [7, 11) is 1.90. The van der Waals surface area contributed by atoms with Crippen LogP contribution in [0.4, 0.5) is 10.8 Å². The molecule has 0 saturated carbocycles. The van der Waals surface area contributed by atoms with Crippen LogP contribution < -0.4 is 4.90 Å². The van der Waals surface area contributed by atoms with Gasteiger partial charge in [0, 0.05) is 17.6 Å². The van der Waals surface area contributed by atoms with Crippen LogP contribution in [0, 0.1) is 20.8 Å². The highest BCUT2D eigenvalue weighted by molar-refractivity contribution is 7.15. The minimum absolute atomic E-state index is 0.135. The molecule has 0 radical (unpaired) electrons. The number of anilines is 2. The maximum atomic E-state index is 11.0. The van der Waals surface area contributed by atoms with Crippen molar-refractivity contribution in [2.24, 2.45) is 0 Å². The molecule has 0 spiro atoms. The number of hydrogen-bond acceptors (Lipinski definition) is 4. The monoisotopic (exact) mass is 276 g/mol. The molecule has 0 atom stereocenters. The summed E-state index contributed by atoms with van der Waals surface area (Å²) in [6.07, 6.45) is 0. The normalized spacial score (nSPS) is 10.5. The second-order valence-corrected chi connectivity index (χ2v) is 5.79. The van der Waals surface area contributed by atoms with E-state index in [-0.39, 0.29) is 5.69 Å². The molecule has 0 unspecified atom stereocenters. The van der Waals surface area contributed by atoms with Gasteiger partial charge in [0.25, 0.3) is 0 Å². The Balaban J connectivity index is 2.41. The summed E-state index contributed by atoms with van der Waals surface area (Å²) in [5.74, 6) is -0.978. The van der Waals surface area contributed by atoms with Crippen LogP contribution in [0.3, 0.4) is 0 Å². The Bertz CT molecular complexity index is 614. The van der Waals surface area contributed by atoms with Gasteiger partial charge in [0.05, 0.1) is 0 Å². The Morgan fingerprint density at radius 3 is 2.26 bits per heavy atom. The van der Waals surface area contributed by atoms with E-state index in [1.54, 1.807) is 6.92 Å². The molecule has 4 nitrogen and oxygen atoms in total. The molecule has 0 aliphatic heterocycles. The highest BCUT2D eigenvalue weighted by Crippen LogP contribution is 2.31.